The molecule has 1 heterocycles. The average Bonchev–Trinajstić information content (AvgIpc) is 2.74. The molecule has 2 aromatic rings. The van der Waals surface area contributed by atoms with Crippen LogP contribution in [0.5, 0.6) is 5.75 Å². The molecule has 0 saturated carbocycles. The van der Waals surface area contributed by atoms with Gasteiger partial charge in [0.25, 0.3) is 0 Å². The Labute approximate surface area is 129 Å². The summed E-state index contributed by atoms with van der Waals surface area (Å²) in [6.07, 6.45) is -0.221. The third-order valence-electron chi connectivity index (χ3n) is 3.14. The van der Waals surface area contributed by atoms with Crippen molar-refractivity contribution >= 4 is 11.9 Å². The fourth-order valence-corrected chi connectivity index (χ4v) is 2.18. The minimum absolute atomic E-state index is 0.221. The highest BCUT2D eigenvalue weighted by molar-refractivity contribution is 5.99. The van der Waals surface area contributed by atoms with Gasteiger partial charge in [0.1, 0.15) is 11.4 Å². The minimum Gasteiger partial charge on any atom is -0.459 e. The number of aromatic amines is 1. The lowest BCUT2D eigenvalue weighted by Gasteiger charge is -2.08. The number of hydrogen-bond acceptors (Lipinski definition) is 4. The van der Waals surface area contributed by atoms with Crippen molar-refractivity contribution in [2.45, 2.75) is 33.8 Å². The summed E-state index contributed by atoms with van der Waals surface area (Å²) in [6, 6.07) is 8.77. The number of aryl methyl sites for hydroxylation is 1. The van der Waals surface area contributed by atoms with Gasteiger partial charge in [-0.15, -0.1) is 0 Å². The van der Waals surface area contributed by atoms with Crippen LogP contribution in [0.3, 0.4) is 0 Å². The Morgan fingerprint density at radius 2 is 1.68 bits per heavy atom. The number of carbonyl (C=O) groups is 2. The van der Waals surface area contributed by atoms with Crippen molar-refractivity contribution in [3.8, 4) is 5.75 Å². The summed E-state index contributed by atoms with van der Waals surface area (Å²) < 4.78 is 10.5. The monoisotopic (exact) mass is 301 g/mol. The second kappa shape index (κ2) is 6.47. The number of carbonyl (C=O) groups excluding carboxylic acids is 2. The van der Waals surface area contributed by atoms with E-state index < -0.39 is 11.9 Å². The summed E-state index contributed by atoms with van der Waals surface area (Å²) in [5.41, 5.74) is 1.76. The number of aromatic nitrogens is 1. The number of para-hydroxylation sites is 1. The van der Waals surface area contributed by atoms with E-state index in [9.17, 15) is 9.59 Å². The van der Waals surface area contributed by atoms with Gasteiger partial charge in [-0.25, -0.2) is 9.59 Å². The highest BCUT2D eigenvalue weighted by Gasteiger charge is 2.24. The van der Waals surface area contributed by atoms with Gasteiger partial charge in [-0.2, -0.15) is 0 Å². The number of hydrogen-bond donors (Lipinski definition) is 1. The number of benzene rings is 1. The fourth-order valence-electron chi connectivity index (χ4n) is 2.18. The summed E-state index contributed by atoms with van der Waals surface area (Å²) in [7, 11) is 0. The van der Waals surface area contributed by atoms with Crippen molar-refractivity contribution in [3.63, 3.8) is 0 Å². The SMILES string of the molecule is Cc1[nH]c(C(=O)Oc2ccccc2)c(C)c1C(=O)OC(C)C. The lowest BCUT2D eigenvalue weighted by Crippen LogP contribution is -2.14. The molecule has 116 valence electrons. The largest absolute Gasteiger partial charge is 0.459 e. The fraction of sp³-hybridized carbons (Fsp3) is 0.294. The normalized spacial score (nSPS) is 10.6. The average molecular weight is 301 g/mol. The first-order chi connectivity index (χ1) is 10.4. The van der Waals surface area contributed by atoms with E-state index in [4.69, 9.17) is 9.47 Å². The molecule has 1 aromatic carbocycles. The van der Waals surface area contributed by atoms with Crippen molar-refractivity contribution in [3.05, 3.63) is 52.8 Å². The van der Waals surface area contributed by atoms with Gasteiger partial charge in [-0.3, -0.25) is 0 Å². The standard InChI is InChI=1S/C17H19NO4/c1-10(2)21-16(19)14-11(3)15(18-12(14)4)17(20)22-13-8-6-5-7-9-13/h5-10,18H,1-4H3. The molecule has 0 spiro atoms. The van der Waals surface area contributed by atoms with Gasteiger partial charge in [0.2, 0.25) is 0 Å². The Bertz CT molecular complexity index is 686. The second-order valence-electron chi connectivity index (χ2n) is 5.28. The number of esters is 2. The van der Waals surface area contributed by atoms with Crippen LogP contribution in [0.4, 0.5) is 0 Å². The molecule has 0 bridgehead atoms. The number of ether oxygens (including phenoxy) is 2. The Kier molecular flexibility index (Phi) is 4.65. The maximum absolute atomic E-state index is 12.2. The van der Waals surface area contributed by atoms with Crippen LogP contribution in [0.15, 0.2) is 30.3 Å². The van der Waals surface area contributed by atoms with Crippen molar-refractivity contribution < 1.29 is 19.1 Å². The molecule has 0 aliphatic carbocycles. The van der Waals surface area contributed by atoms with E-state index in [1.807, 2.05) is 6.07 Å². The number of H-pyrrole nitrogens is 1. The third kappa shape index (κ3) is 3.36. The number of rotatable bonds is 4. The lowest BCUT2D eigenvalue weighted by atomic mass is 10.1. The molecule has 0 aliphatic rings. The molecule has 22 heavy (non-hydrogen) atoms. The smallest absolute Gasteiger partial charge is 0.360 e. The molecule has 0 radical (unpaired) electrons. The van der Waals surface area contributed by atoms with E-state index in [-0.39, 0.29) is 11.8 Å². The molecule has 0 unspecified atom stereocenters. The van der Waals surface area contributed by atoms with Crippen LogP contribution in [0.2, 0.25) is 0 Å². The predicted molar refractivity (Wildman–Crippen MR) is 82.2 cm³/mol. The molecule has 0 atom stereocenters. The highest BCUT2D eigenvalue weighted by Crippen LogP contribution is 2.21. The highest BCUT2D eigenvalue weighted by atomic mass is 16.5. The van der Waals surface area contributed by atoms with Gasteiger partial charge < -0.3 is 14.5 Å². The van der Waals surface area contributed by atoms with Crippen molar-refractivity contribution in [2.75, 3.05) is 0 Å². The van der Waals surface area contributed by atoms with Gasteiger partial charge in [0, 0.05) is 5.69 Å². The van der Waals surface area contributed by atoms with Crippen LogP contribution < -0.4 is 4.74 Å². The first-order valence-electron chi connectivity index (χ1n) is 7.07. The van der Waals surface area contributed by atoms with Gasteiger partial charge in [0.15, 0.2) is 0 Å². The number of nitrogens with one attached hydrogen (secondary N) is 1. The molecule has 0 aliphatic heterocycles. The Hall–Kier alpha value is -2.56. The van der Waals surface area contributed by atoms with Crippen LogP contribution in [-0.4, -0.2) is 23.0 Å². The summed E-state index contributed by atoms with van der Waals surface area (Å²) in [5, 5.41) is 0. The molecular weight excluding hydrogens is 282 g/mol. The predicted octanol–water partition coefficient (Wildman–Crippen LogP) is 3.42. The van der Waals surface area contributed by atoms with Gasteiger partial charge in [0.05, 0.1) is 11.7 Å². The second-order valence-corrected chi connectivity index (χ2v) is 5.28. The van der Waals surface area contributed by atoms with Crippen molar-refractivity contribution in [2.24, 2.45) is 0 Å². The van der Waals surface area contributed by atoms with Crippen LogP contribution in [0, 0.1) is 13.8 Å². The Balaban J connectivity index is 2.26. The molecule has 1 N–H and O–H groups in total. The van der Waals surface area contributed by atoms with E-state index in [1.54, 1.807) is 52.0 Å². The van der Waals surface area contributed by atoms with E-state index in [1.165, 1.54) is 0 Å². The molecule has 5 nitrogen and oxygen atoms in total. The van der Waals surface area contributed by atoms with Crippen LogP contribution >= 0.6 is 0 Å². The molecule has 1 aromatic heterocycles. The van der Waals surface area contributed by atoms with Crippen molar-refractivity contribution in [1.82, 2.24) is 4.98 Å². The Morgan fingerprint density at radius 1 is 1.05 bits per heavy atom. The zero-order valence-corrected chi connectivity index (χ0v) is 13.1. The topological polar surface area (TPSA) is 68.4 Å². The van der Waals surface area contributed by atoms with E-state index in [0.717, 1.165) is 0 Å². The van der Waals surface area contributed by atoms with Gasteiger partial charge in [-0.05, 0) is 45.4 Å². The summed E-state index contributed by atoms with van der Waals surface area (Å²) >= 11 is 0. The lowest BCUT2D eigenvalue weighted by molar-refractivity contribution is 0.0376. The molecule has 2 rings (SSSR count). The van der Waals surface area contributed by atoms with Crippen LogP contribution in [0.1, 0.15) is 46.0 Å². The maximum atomic E-state index is 12.2. The first kappa shape index (κ1) is 15.8. The molecule has 0 fully saturated rings. The van der Waals surface area contributed by atoms with Crippen molar-refractivity contribution in [1.29, 1.82) is 0 Å². The zero-order valence-electron chi connectivity index (χ0n) is 13.1. The summed E-state index contributed by atoms with van der Waals surface area (Å²) in [4.78, 5) is 27.2. The Morgan fingerprint density at radius 3 is 2.27 bits per heavy atom. The maximum Gasteiger partial charge on any atom is 0.360 e. The minimum atomic E-state index is -0.532. The first-order valence-corrected chi connectivity index (χ1v) is 7.07. The molecule has 0 saturated heterocycles. The molecule has 5 heteroatoms. The third-order valence-corrected chi connectivity index (χ3v) is 3.14. The summed E-state index contributed by atoms with van der Waals surface area (Å²) in [5.74, 6) is -0.527. The van der Waals surface area contributed by atoms with Gasteiger partial charge in [-0.1, -0.05) is 18.2 Å². The summed E-state index contributed by atoms with van der Waals surface area (Å²) in [6.45, 7) is 6.98. The molecular formula is C17H19NO4. The van der Waals surface area contributed by atoms with E-state index in [2.05, 4.69) is 4.98 Å². The van der Waals surface area contributed by atoms with Crippen LogP contribution in [0.25, 0.3) is 0 Å². The van der Waals surface area contributed by atoms with E-state index in [0.29, 0.717) is 22.6 Å². The van der Waals surface area contributed by atoms with Crippen LogP contribution in [-0.2, 0) is 4.74 Å². The zero-order chi connectivity index (χ0) is 16.3. The quantitative estimate of drug-likeness (QED) is 0.694. The van der Waals surface area contributed by atoms with Gasteiger partial charge >= 0.3 is 11.9 Å². The molecule has 0 amide bonds. The van der Waals surface area contributed by atoms with E-state index >= 15 is 0 Å².